The third-order valence-electron chi connectivity index (χ3n) is 6.51. The number of carbonyl (C=O) groups excluding carboxylic acids is 3. The number of benzene rings is 2. The van der Waals surface area contributed by atoms with Crippen LogP contribution < -0.4 is 15.5 Å². The van der Waals surface area contributed by atoms with Crippen molar-refractivity contribution in [2.24, 2.45) is 0 Å². The number of aromatic nitrogens is 1. The number of ether oxygens (including phenoxy) is 1. The Morgan fingerprint density at radius 1 is 1.11 bits per heavy atom. The van der Waals surface area contributed by atoms with Gasteiger partial charge in [-0.05, 0) is 55.0 Å². The fourth-order valence-corrected chi connectivity index (χ4v) is 4.51. The molecule has 0 radical (unpaired) electrons. The second-order valence-corrected chi connectivity index (χ2v) is 9.38. The molecule has 0 unspecified atom stereocenters. The highest BCUT2D eigenvalue weighted by Gasteiger charge is 2.32. The molecule has 0 saturated carbocycles. The summed E-state index contributed by atoms with van der Waals surface area (Å²) < 4.78 is 5.38. The van der Waals surface area contributed by atoms with E-state index < -0.39 is 6.04 Å². The Kier molecular flexibility index (Phi) is 7.07. The number of rotatable bonds is 5. The number of halogens is 1. The van der Waals surface area contributed by atoms with Gasteiger partial charge in [0.15, 0.2) is 0 Å². The topological polar surface area (TPSA) is 104 Å². The van der Waals surface area contributed by atoms with Crippen LogP contribution in [0.25, 0.3) is 0 Å². The largest absolute Gasteiger partial charge is 0.378 e. The number of anilines is 3. The van der Waals surface area contributed by atoms with Crippen molar-refractivity contribution < 1.29 is 19.1 Å². The van der Waals surface area contributed by atoms with Crippen LogP contribution in [0.2, 0.25) is 5.02 Å². The van der Waals surface area contributed by atoms with Gasteiger partial charge in [0.1, 0.15) is 11.9 Å². The van der Waals surface area contributed by atoms with E-state index in [1.165, 1.54) is 4.90 Å². The van der Waals surface area contributed by atoms with Crippen molar-refractivity contribution >= 4 is 46.5 Å². The summed E-state index contributed by atoms with van der Waals surface area (Å²) >= 11 is 6.04. The van der Waals surface area contributed by atoms with Gasteiger partial charge in [-0.15, -0.1) is 0 Å². The Labute approximate surface area is 219 Å². The molecule has 0 bridgehead atoms. The molecule has 10 heteroatoms. The van der Waals surface area contributed by atoms with Crippen molar-refractivity contribution in [3.63, 3.8) is 0 Å². The maximum absolute atomic E-state index is 13.2. The van der Waals surface area contributed by atoms with E-state index >= 15 is 0 Å². The molecule has 3 heterocycles. The fraction of sp³-hybridized carbons (Fsp3) is 0.259. The van der Waals surface area contributed by atoms with E-state index in [0.717, 1.165) is 24.3 Å². The van der Waals surface area contributed by atoms with Gasteiger partial charge in [0, 0.05) is 30.2 Å². The zero-order valence-electron chi connectivity index (χ0n) is 20.2. The molecule has 3 amide bonds. The van der Waals surface area contributed by atoms with Gasteiger partial charge in [-0.3, -0.25) is 14.4 Å². The summed E-state index contributed by atoms with van der Waals surface area (Å²) in [6.45, 7) is 4.89. The number of nitrogens with one attached hydrogen (secondary N) is 2. The maximum atomic E-state index is 13.2. The van der Waals surface area contributed by atoms with Crippen molar-refractivity contribution in [2.45, 2.75) is 19.5 Å². The highest BCUT2D eigenvalue weighted by atomic mass is 35.5. The zero-order valence-corrected chi connectivity index (χ0v) is 21.0. The lowest BCUT2D eigenvalue weighted by molar-refractivity contribution is -0.120. The third kappa shape index (κ3) is 5.42. The molecule has 37 heavy (non-hydrogen) atoms. The van der Waals surface area contributed by atoms with Gasteiger partial charge in [-0.25, -0.2) is 4.98 Å². The first-order chi connectivity index (χ1) is 17.9. The average Bonchev–Trinajstić information content (AvgIpc) is 3.00. The van der Waals surface area contributed by atoms with E-state index in [1.54, 1.807) is 61.7 Å². The quantitative estimate of drug-likeness (QED) is 0.531. The summed E-state index contributed by atoms with van der Waals surface area (Å²) in [6.07, 6.45) is 1.74. The van der Waals surface area contributed by atoms with Crippen LogP contribution in [0, 0.1) is 0 Å². The Balaban J connectivity index is 1.25. The molecule has 1 aromatic heterocycles. The smallest absolute Gasteiger partial charge is 0.256 e. The molecule has 0 aliphatic carbocycles. The van der Waals surface area contributed by atoms with Crippen LogP contribution >= 0.6 is 11.6 Å². The number of nitrogens with zero attached hydrogens (tertiary/aromatic N) is 3. The first kappa shape index (κ1) is 24.7. The first-order valence-electron chi connectivity index (χ1n) is 12.0. The lowest BCUT2D eigenvalue weighted by Gasteiger charge is -2.28. The minimum Gasteiger partial charge on any atom is -0.378 e. The summed E-state index contributed by atoms with van der Waals surface area (Å²) in [5, 5.41) is 6.02. The molecular weight excluding hydrogens is 494 g/mol. The predicted octanol–water partition coefficient (Wildman–Crippen LogP) is 3.81. The van der Waals surface area contributed by atoms with Crippen molar-refractivity contribution in [2.75, 3.05) is 41.8 Å². The van der Waals surface area contributed by atoms with Crippen LogP contribution in [0.15, 0.2) is 60.8 Å². The fourth-order valence-electron chi connectivity index (χ4n) is 4.34. The first-order valence-corrected chi connectivity index (χ1v) is 12.4. The van der Waals surface area contributed by atoms with Crippen molar-refractivity contribution in [1.82, 2.24) is 9.88 Å². The molecule has 9 nitrogen and oxygen atoms in total. The highest BCUT2D eigenvalue weighted by Crippen LogP contribution is 2.27. The van der Waals surface area contributed by atoms with Gasteiger partial charge in [-0.2, -0.15) is 0 Å². The van der Waals surface area contributed by atoms with Crippen LogP contribution in [0.4, 0.5) is 17.2 Å². The van der Waals surface area contributed by atoms with Crippen LogP contribution in [-0.2, 0) is 16.1 Å². The van der Waals surface area contributed by atoms with Crippen LogP contribution in [-0.4, -0.2) is 60.0 Å². The molecule has 1 atom stereocenters. The number of morpholine rings is 1. The van der Waals surface area contributed by atoms with Gasteiger partial charge in [0.05, 0.1) is 36.3 Å². The molecule has 1 fully saturated rings. The molecule has 1 saturated heterocycles. The SMILES string of the molecule is C[C@@H]1C(=O)Nc2cc(Cl)ccc2C(=O)N1Cc1ccc(C(=O)Nc2ccc(N3CCOCC3)cn2)cc1. The van der Waals surface area contributed by atoms with Gasteiger partial charge >= 0.3 is 0 Å². The van der Waals surface area contributed by atoms with E-state index in [4.69, 9.17) is 16.3 Å². The number of hydrogen-bond donors (Lipinski definition) is 2. The number of amides is 3. The minimum atomic E-state index is -0.687. The Bertz CT molecular complexity index is 1320. The van der Waals surface area contributed by atoms with Crippen molar-refractivity contribution in [1.29, 1.82) is 0 Å². The van der Waals surface area contributed by atoms with Crippen LogP contribution in [0.3, 0.4) is 0 Å². The number of pyridine rings is 1. The van der Waals surface area contributed by atoms with E-state index in [9.17, 15) is 14.4 Å². The molecule has 5 rings (SSSR count). The Morgan fingerprint density at radius 3 is 2.57 bits per heavy atom. The number of carbonyl (C=O) groups is 3. The van der Waals surface area contributed by atoms with Crippen LogP contribution in [0.1, 0.15) is 33.2 Å². The summed E-state index contributed by atoms with van der Waals surface area (Å²) in [4.78, 5) is 46.7. The molecule has 2 N–H and O–H groups in total. The van der Waals surface area contributed by atoms with Crippen molar-refractivity contribution in [3.8, 4) is 0 Å². The Hall–Kier alpha value is -3.95. The van der Waals surface area contributed by atoms with Gasteiger partial charge in [-0.1, -0.05) is 23.7 Å². The van der Waals surface area contributed by atoms with Gasteiger partial charge in [0.25, 0.3) is 11.8 Å². The summed E-state index contributed by atoms with van der Waals surface area (Å²) in [6, 6.07) is 14.7. The van der Waals surface area contributed by atoms with E-state index in [0.29, 0.717) is 40.9 Å². The summed E-state index contributed by atoms with van der Waals surface area (Å²) in [5.41, 5.74) is 3.01. The zero-order chi connectivity index (χ0) is 25.9. The predicted molar refractivity (Wildman–Crippen MR) is 141 cm³/mol. The highest BCUT2D eigenvalue weighted by molar-refractivity contribution is 6.31. The lowest BCUT2D eigenvalue weighted by Crippen LogP contribution is -2.42. The normalized spacial score (nSPS) is 17.6. The summed E-state index contributed by atoms with van der Waals surface area (Å²) in [7, 11) is 0. The average molecular weight is 520 g/mol. The molecule has 2 aliphatic rings. The Morgan fingerprint density at radius 2 is 1.86 bits per heavy atom. The van der Waals surface area contributed by atoms with Gasteiger partial charge < -0.3 is 25.2 Å². The monoisotopic (exact) mass is 519 g/mol. The van der Waals surface area contributed by atoms with E-state index in [1.807, 2.05) is 6.07 Å². The number of hydrogen-bond acceptors (Lipinski definition) is 6. The molecule has 2 aliphatic heterocycles. The lowest BCUT2D eigenvalue weighted by atomic mass is 10.1. The van der Waals surface area contributed by atoms with E-state index in [-0.39, 0.29) is 24.3 Å². The number of fused-ring (bicyclic) bond motifs is 1. The molecule has 0 spiro atoms. The molecular formula is C27H26ClN5O4. The maximum Gasteiger partial charge on any atom is 0.256 e. The second-order valence-electron chi connectivity index (χ2n) is 8.94. The van der Waals surface area contributed by atoms with Crippen molar-refractivity contribution in [3.05, 3.63) is 82.5 Å². The molecule has 190 valence electrons. The standard InChI is InChI=1S/C27H26ClN5O4/c1-17-25(34)30-23-14-20(28)6-8-22(23)27(36)33(17)16-18-2-4-19(5-3-18)26(35)31-24-9-7-21(15-29-24)32-10-12-37-13-11-32/h2-9,14-15,17H,10-13,16H2,1H3,(H,30,34)(H,29,31,35)/t17-/m1/s1. The third-order valence-corrected chi connectivity index (χ3v) is 6.75. The van der Waals surface area contributed by atoms with Gasteiger partial charge in [0.2, 0.25) is 5.91 Å². The molecule has 3 aromatic rings. The summed E-state index contributed by atoms with van der Waals surface area (Å²) in [5.74, 6) is -0.397. The van der Waals surface area contributed by atoms with E-state index in [2.05, 4.69) is 20.5 Å². The minimum absolute atomic E-state index is 0.210. The molecule has 2 aromatic carbocycles. The second kappa shape index (κ2) is 10.6. The van der Waals surface area contributed by atoms with Crippen LogP contribution in [0.5, 0.6) is 0 Å².